The Balaban J connectivity index is 2.17. The van der Waals surface area contributed by atoms with Crippen LogP contribution in [0.4, 0.5) is 0 Å². The molecule has 0 radical (unpaired) electrons. The van der Waals surface area contributed by atoms with Crippen molar-refractivity contribution >= 4 is 0 Å². The topological polar surface area (TPSA) is 52.9 Å². The van der Waals surface area contributed by atoms with Gasteiger partial charge in [-0.05, 0) is 0 Å². The smallest absolute Gasteiger partial charge is 0.0925 e. The lowest BCUT2D eigenvalue weighted by Crippen LogP contribution is -2.46. The van der Waals surface area contributed by atoms with Crippen molar-refractivity contribution in [2.75, 3.05) is 13.1 Å². The minimum atomic E-state index is -0.322. The Morgan fingerprint density at radius 2 is 2.29 bits per heavy atom. The van der Waals surface area contributed by atoms with E-state index in [-0.39, 0.29) is 6.10 Å². The van der Waals surface area contributed by atoms with Gasteiger partial charge in [0.25, 0.3) is 0 Å². The number of aliphatic hydroxyl groups is 1. The summed E-state index contributed by atoms with van der Waals surface area (Å²) >= 11 is 0. The Kier molecular flexibility index (Phi) is 0.941. The molecule has 0 spiro atoms. The average molecular weight is 102 g/mol. The summed E-state index contributed by atoms with van der Waals surface area (Å²) in [6, 6.07) is 0. The molecule has 0 amide bonds. The zero-order valence-electron chi connectivity index (χ0n) is 3.74. The van der Waals surface area contributed by atoms with Gasteiger partial charge in [-0.25, -0.2) is 0 Å². The van der Waals surface area contributed by atoms with Crippen LogP contribution in [0.1, 0.15) is 0 Å². The zero-order valence-corrected chi connectivity index (χ0v) is 3.74. The van der Waals surface area contributed by atoms with E-state index < -0.39 is 0 Å². The summed E-state index contributed by atoms with van der Waals surface area (Å²) in [6.07, 6.45) is -0.322. The van der Waals surface area contributed by atoms with Crippen molar-refractivity contribution in [1.29, 1.82) is 0 Å². The van der Waals surface area contributed by atoms with Crippen LogP contribution in [0.25, 0.3) is 0 Å². The SMILES string of the molecule is O=NN1CC(O)C1. The van der Waals surface area contributed by atoms with Crippen LogP contribution >= 0.6 is 0 Å². The second kappa shape index (κ2) is 1.46. The predicted molar refractivity (Wildman–Crippen MR) is 23.4 cm³/mol. The lowest BCUT2D eigenvalue weighted by Gasteiger charge is -2.29. The fourth-order valence-electron chi connectivity index (χ4n) is 0.500. The second-order valence-electron chi connectivity index (χ2n) is 1.61. The maximum Gasteiger partial charge on any atom is 0.0925 e. The van der Waals surface area contributed by atoms with Gasteiger partial charge in [0, 0.05) is 0 Å². The van der Waals surface area contributed by atoms with E-state index >= 15 is 0 Å². The van der Waals surface area contributed by atoms with E-state index in [1.807, 2.05) is 0 Å². The molecule has 40 valence electrons. The van der Waals surface area contributed by atoms with E-state index in [9.17, 15) is 4.91 Å². The van der Waals surface area contributed by atoms with Crippen molar-refractivity contribution < 1.29 is 5.11 Å². The molecule has 0 aromatic rings. The molecule has 0 bridgehead atoms. The molecule has 4 nitrogen and oxygen atoms in total. The molecule has 1 aliphatic rings. The molecule has 1 rings (SSSR count). The third kappa shape index (κ3) is 0.691. The fourth-order valence-corrected chi connectivity index (χ4v) is 0.500. The van der Waals surface area contributed by atoms with Crippen LogP contribution < -0.4 is 0 Å². The Morgan fingerprint density at radius 1 is 1.71 bits per heavy atom. The molecular formula is C3H6N2O2. The van der Waals surface area contributed by atoms with E-state index in [4.69, 9.17) is 5.11 Å². The summed E-state index contributed by atoms with van der Waals surface area (Å²) in [5.74, 6) is 0. The number of β-amino-alcohol motifs (C(OH)–C–C–N with tert-alkyl or cyclic N) is 1. The van der Waals surface area contributed by atoms with E-state index in [2.05, 4.69) is 5.29 Å². The summed E-state index contributed by atoms with van der Waals surface area (Å²) in [5.41, 5.74) is 0. The minimum absolute atomic E-state index is 0.322. The summed E-state index contributed by atoms with van der Waals surface area (Å²) in [4.78, 5) is 9.50. The number of nitrogens with zero attached hydrogens (tertiary/aromatic N) is 2. The van der Waals surface area contributed by atoms with Crippen molar-refractivity contribution in [3.63, 3.8) is 0 Å². The van der Waals surface area contributed by atoms with Gasteiger partial charge >= 0.3 is 0 Å². The molecule has 0 atom stereocenters. The molecular weight excluding hydrogens is 96.0 g/mol. The number of aliphatic hydroxyl groups excluding tert-OH is 1. The number of nitroso groups, excluding NO2 is 1. The quantitative estimate of drug-likeness (QED) is 0.447. The van der Waals surface area contributed by atoms with Gasteiger partial charge in [0.2, 0.25) is 0 Å². The molecule has 1 N–H and O–H groups in total. The molecule has 0 saturated carbocycles. The van der Waals surface area contributed by atoms with E-state index in [1.165, 1.54) is 5.01 Å². The van der Waals surface area contributed by atoms with E-state index in [1.54, 1.807) is 0 Å². The normalized spacial score (nSPS) is 21.6. The molecule has 4 heteroatoms. The maximum atomic E-state index is 9.50. The highest BCUT2D eigenvalue weighted by molar-refractivity contribution is 4.74. The van der Waals surface area contributed by atoms with E-state index in [0.29, 0.717) is 13.1 Å². The summed E-state index contributed by atoms with van der Waals surface area (Å²) in [5, 5.41) is 12.3. The minimum Gasteiger partial charge on any atom is -0.389 e. The molecule has 1 fully saturated rings. The Labute approximate surface area is 40.7 Å². The molecule has 0 aliphatic carbocycles. The predicted octanol–water partition coefficient (Wildman–Crippen LogP) is -0.656. The summed E-state index contributed by atoms with van der Waals surface area (Å²) < 4.78 is 0. The lowest BCUT2D eigenvalue weighted by molar-refractivity contribution is 0.00264. The van der Waals surface area contributed by atoms with Crippen molar-refractivity contribution in [2.24, 2.45) is 5.29 Å². The molecule has 0 unspecified atom stereocenters. The average Bonchev–Trinajstić information content (AvgIpc) is 1.58. The summed E-state index contributed by atoms with van der Waals surface area (Å²) in [7, 11) is 0. The molecule has 1 saturated heterocycles. The van der Waals surface area contributed by atoms with E-state index in [0.717, 1.165) is 0 Å². The monoisotopic (exact) mass is 102 g/mol. The van der Waals surface area contributed by atoms with Crippen molar-refractivity contribution in [2.45, 2.75) is 6.10 Å². The first kappa shape index (κ1) is 4.52. The van der Waals surface area contributed by atoms with Gasteiger partial charge in [0.15, 0.2) is 0 Å². The largest absolute Gasteiger partial charge is 0.389 e. The highest BCUT2D eigenvalue weighted by Gasteiger charge is 2.23. The second-order valence-corrected chi connectivity index (χ2v) is 1.61. The van der Waals surface area contributed by atoms with Gasteiger partial charge in [-0.15, -0.1) is 4.91 Å². The van der Waals surface area contributed by atoms with Crippen LogP contribution in [0, 0.1) is 4.91 Å². The molecule has 0 aromatic heterocycles. The highest BCUT2D eigenvalue weighted by atomic mass is 16.3. The first-order valence-corrected chi connectivity index (χ1v) is 2.09. The van der Waals surface area contributed by atoms with Crippen LogP contribution in [0.5, 0.6) is 0 Å². The van der Waals surface area contributed by atoms with Gasteiger partial charge in [0.05, 0.1) is 24.5 Å². The number of rotatable bonds is 1. The molecule has 1 aliphatic heterocycles. The van der Waals surface area contributed by atoms with Crippen LogP contribution in [0.15, 0.2) is 5.29 Å². The van der Waals surface area contributed by atoms with Crippen molar-refractivity contribution in [1.82, 2.24) is 5.01 Å². The van der Waals surface area contributed by atoms with Crippen LogP contribution in [-0.2, 0) is 0 Å². The third-order valence-electron chi connectivity index (χ3n) is 0.958. The first-order valence-electron chi connectivity index (χ1n) is 2.09. The van der Waals surface area contributed by atoms with Crippen LogP contribution in [-0.4, -0.2) is 29.3 Å². The van der Waals surface area contributed by atoms with Gasteiger partial charge < -0.3 is 5.11 Å². The van der Waals surface area contributed by atoms with Gasteiger partial charge in [0.1, 0.15) is 0 Å². The maximum absolute atomic E-state index is 9.50. The standard InChI is InChI=1S/C3H6N2O2/c6-3-1-5(2-3)4-7/h3,6H,1-2H2. The highest BCUT2D eigenvalue weighted by Crippen LogP contribution is 2.05. The molecule has 0 aromatic carbocycles. The zero-order chi connectivity index (χ0) is 5.28. The fraction of sp³-hybridized carbons (Fsp3) is 1.00. The summed E-state index contributed by atoms with van der Waals surface area (Å²) in [6.45, 7) is 0.812. The number of hydrogen-bond donors (Lipinski definition) is 1. The molecule has 7 heavy (non-hydrogen) atoms. The van der Waals surface area contributed by atoms with Gasteiger partial charge in [-0.2, -0.15) is 0 Å². The Bertz CT molecular complexity index is 79.0. The van der Waals surface area contributed by atoms with Crippen LogP contribution in [0.2, 0.25) is 0 Å². The van der Waals surface area contributed by atoms with Crippen LogP contribution in [0.3, 0.4) is 0 Å². The van der Waals surface area contributed by atoms with Crippen molar-refractivity contribution in [3.8, 4) is 0 Å². The van der Waals surface area contributed by atoms with Gasteiger partial charge in [-0.1, -0.05) is 0 Å². The first-order chi connectivity index (χ1) is 3.33. The Hall–Kier alpha value is -0.640. The molecule has 1 heterocycles. The Morgan fingerprint density at radius 3 is 2.43 bits per heavy atom. The lowest BCUT2D eigenvalue weighted by atomic mass is 10.2. The number of hydrogen-bond acceptors (Lipinski definition) is 3. The van der Waals surface area contributed by atoms with Gasteiger partial charge in [-0.3, -0.25) is 5.01 Å². The third-order valence-corrected chi connectivity index (χ3v) is 0.958. The van der Waals surface area contributed by atoms with Crippen molar-refractivity contribution in [3.05, 3.63) is 4.91 Å².